The summed E-state index contributed by atoms with van der Waals surface area (Å²) in [5, 5.41) is 0. The number of nitrogens with zero attached hydrogens (tertiary/aromatic N) is 1. The molecule has 96 valence electrons. The van der Waals surface area contributed by atoms with Crippen molar-refractivity contribution >= 4 is 16.8 Å². The summed E-state index contributed by atoms with van der Waals surface area (Å²) in [5.74, 6) is -0.381. The standard InChI is InChI=1S/C15H14N2O2/c1-10-5-7-11(8-6-10)9-17-14-12(16)3-2-4-13(14)19-15(17)18/h2-8H,9,16H2,1H3. The van der Waals surface area contributed by atoms with Crippen LogP contribution in [-0.4, -0.2) is 4.57 Å². The smallest absolute Gasteiger partial charge is 0.408 e. The number of anilines is 1. The van der Waals surface area contributed by atoms with Gasteiger partial charge in [-0.2, -0.15) is 0 Å². The van der Waals surface area contributed by atoms with Gasteiger partial charge in [-0.25, -0.2) is 4.79 Å². The third-order valence-corrected chi connectivity index (χ3v) is 3.18. The van der Waals surface area contributed by atoms with Crippen molar-refractivity contribution in [3.8, 4) is 0 Å². The van der Waals surface area contributed by atoms with Gasteiger partial charge in [-0.15, -0.1) is 0 Å². The highest BCUT2D eigenvalue weighted by atomic mass is 16.4. The number of nitrogen functional groups attached to an aromatic ring is 1. The number of aryl methyl sites for hydroxylation is 1. The topological polar surface area (TPSA) is 61.2 Å². The summed E-state index contributed by atoms with van der Waals surface area (Å²) in [7, 11) is 0. The molecule has 4 nitrogen and oxygen atoms in total. The van der Waals surface area contributed by atoms with Crippen LogP contribution < -0.4 is 11.5 Å². The van der Waals surface area contributed by atoms with Gasteiger partial charge < -0.3 is 10.2 Å². The van der Waals surface area contributed by atoms with Gasteiger partial charge in [-0.3, -0.25) is 4.57 Å². The Hall–Kier alpha value is -2.49. The number of nitrogens with two attached hydrogens (primary N) is 1. The molecule has 0 unspecified atom stereocenters. The quantitative estimate of drug-likeness (QED) is 0.715. The Morgan fingerprint density at radius 3 is 2.63 bits per heavy atom. The van der Waals surface area contributed by atoms with E-state index in [2.05, 4.69) is 0 Å². The number of hydrogen-bond donors (Lipinski definition) is 1. The summed E-state index contributed by atoms with van der Waals surface area (Å²) in [6.07, 6.45) is 0. The van der Waals surface area contributed by atoms with Crippen molar-refractivity contribution in [3.63, 3.8) is 0 Å². The zero-order valence-corrected chi connectivity index (χ0v) is 10.6. The van der Waals surface area contributed by atoms with Gasteiger partial charge in [0.15, 0.2) is 5.58 Å². The molecule has 0 aliphatic heterocycles. The molecule has 0 aliphatic rings. The second-order valence-electron chi connectivity index (χ2n) is 4.63. The van der Waals surface area contributed by atoms with Crippen molar-refractivity contribution in [3.05, 3.63) is 64.1 Å². The Balaban J connectivity index is 2.12. The maximum Gasteiger partial charge on any atom is 0.420 e. The van der Waals surface area contributed by atoms with Crippen LogP contribution >= 0.6 is 0 Å². The molecule has 3 rings (SSSR count). The summed E-state index contributed by atoms with van der Waals surface area (Å²) in [6, 6.07) is 13.3. The lowest BCUT2D eigenvalue weighted by molar-refractivity contribution is 0.517. The van der Waals surface area contributed by atoms with E-state index in [4.69, 9.17) is 10.2 Å². The molecule has 4 heteroatoms. The van der Waals surface area contributed by atoms with Crippen LogP contribution in [0.3, 0.4) is 0 Å². The molecular formula is C15H14N2O2. The lowest BCUT2D eigenvalue weighted by Crippen LogP contribution is -2.15. The van der Waals surface area contributed by atoms with Gasteiger partial charge >= 0.3 is 5.76 Å². The van der Waals surface area contributed by atoms with E-state index in [9.17, 15) is 4.79 Å². The van der Waals surface area contributed by atoms with Gasteiger partial charge in [0, 0.05) is 0 Å². The van der Waals surface area contributed by atoms with E-state index in [1.165, 1.54) is 5.56 Å². The summed E-state index contributed by atoms with van der Waals surface area (Å²) in [5.41, 5.74) is 9.89. The van der Waals surface area contributed by atoms with E-state index >= 15 is 0 Å². The average Bonchev–Trinajstić information content (AvgIpc) is 2.70. The molecule has 0 saturated heterocycles. The maximum atomic E-state index is 11.9. The molecule has 0 spiro atoms. The normalized spacial score (nSPS) is 11.0. The third kappa shape index (κ3) is 2.01. The number of benzene rings is 2. The van der Waals surface area contributed by atoms with Crippen LogP contribution in [0.1, 0.15) is 11.1 Å². The second kappa shape index (κ2) is 4.31. The number of rotatable bonds is 2. The Bertz CT molecular complexity index is 782. The molecule has 1 aromatic heterocycles. The fourth-order valence-corrected chi connectivity index (χ4v) is 2.17. The zero-order chi connectivity index (χ0) is 13.4. The summed E-state index contributed by atoms with van der Waals surface area (Å²) in [6.45, 7) is 2.49. The highest BCUT2D eigenvalue weighted by molar-refractivity contribution is 5.85. The van der Waals surface area contributed by atoms with Crippen molar-refractivity contribution in [2.45, 2.75) is 13.5 Å². The summed E-state index contributed by atoms with van der Waals surface area (Å²) < 4.78 is 6.77. The minimum atomic E-state index is -0.381. The van der Waals surface area contributed by atoms with Crippen LogP contribution in [0.5, 0.6) is 0 Å². The van der Waals surface area contributed by atoms with E-state index in [0.717, 1.165) is 5.56 Å². The second-order valence-corrected chi connectivity index (χ2v) is 4.63. The lowest BCUT2D eigenvalue weighted by atomic mass is 10.1. The molecule has 0 amide bonds. The Labute approximate surface area is 110 Å². The number of oxazole rings is 1. The van der Waals surface area contributed by atoms with Crippen molar-refractivity contribution in [2.24, 2.45) is 0 Å². The van der Waals surface area contributed by atoms with Gasteiger partial charge in [0.1, 0.15) is 5.52 Å². The fraction of sp³-hybridized carbons (Fsp3) is 0.133. The first-order chi connectivity index (χ1) is 9.15. The van der Waals surface area contributed by atoms with Crippen LogP contribution in [-0.2, 0) is 6.54 Å². The molecule has 0 radical (unpaired) electrons. The molecule has 3 aromatic rings. The number of para-hydroxylation sites is 1. The minimum absolute atomic E-state index is 0.381. The zero-order valence-electron chi connectivity index (χ0n) is 10.6. The van der Waals surface area contributed by atoms with Gasteiger partial charge in [0.2, 0.25) is 0 Å². The SMILES string of the molecule is Cc1ccc(Cn2c(=O)oc3cccc(N)c32)cc1. The first-order valence-corrected chi connectivity index (χ1v) is 6.08. The lowest BCUT2D eigenvalue weighted by Gasteiger charge is -2.04. The van der Waals surface area contributed by atoms with Crippen molar-refractivity contribution in [2.75, 3.05) is 5.73 Å². The van der Waals surface area contributed by atoms with Crippen molar-refractivity contribution < 1.29 is 4.42 Å². The average molecular weight is 254 g/mol. The Morgan fingerprint density at radius 1 is 1.16 bits per heavy atom. The molecule has 0 bridgehead atoms. The van der Waals surface area contributed by atoms with Crippen LogP contribution in [0.25, 0.3) is 11.1 Å². The predicted octanol–water partition coefficient (Wildman–Crippen LogP) is 2.53. The first-order valence-electron chi connectivity index (χ1n) is 6.08. The fourth-order valence-electron chi connectivity index (χ4n) is 2.17. The van der Waals surface area contributed by atoms with E-state index in [1.807, 2.05) is 31.2 Å². The number of aromatic nitrogens is 1. The van der Waals surface area contributed by atoms with Gasteiger partial charge in [0.25, 0.3) is 0 Å². The van der Waals surface area contributed by atoms with Gasteiger partial charge in [-0.1, -0.05) is 35.9 Å². The predicted molar refractivity (Wildman–Crippen MR) is 75.2 cm³/mol. The van der Waals surface area contributed by atoms with E-state index in [-0.39, 0.29) is 5.76 Å². The molecule has 0 atom stereocenters. The summed E-state index contributed by atoms with van der Waals surface area (Å²) >= 11 is 0. The monoisotopic (exact) mass is 254 g/mol. The summed E-state index contributed by atoms with van der Waals surface area (Å²) in [4.78, 5) is 11.9. The molecule has 2 aromatic carbocycles. The van der Waals surface area contributed by atoms with E-state index in [0.29, 0.717) is 23.3 Å². The van der Waals surface area contributed by atoms with Crippen LogP contribution in [0, 0.1) is 6.92 Å². The molecule has 0 fully saturated rings. The van der Waals surface area contributed by atoms with Crippen molar-refractivity contribution in [1.29, 1.82) is 0 Å². The minimum Gasteiger partial charge on any atom is -0.408 e. The van der Waals surface area contributed by atoms with E-state index in [1.54, 1.807) is 22.8 Å². The van der Waals surface area contributed by atoms with Gasteiger partial charge in [0.05, 0.1) is 12.2 Å². The molecule has 0 saturated carbocycles. The molecule has 2 N–H and O–H groups in total. The van der Waals surface area contributed by atoms with Crippen LogP contribution in [0.2, 0.25) is 0 Å². The molecule has 19 heavy (non-hydrogen) atoms. The van der Waals surface area contributed by atoms with Crippen LogP contribution in [0.4, 0.5) is 5.69 Å². The highest BCUT2D eigenvalue weighted by Gasteiger charge is 2.11. The van der Waals surface area contributed by atoms with Crippen molar-refractivity contribution in [1.82, 2.24) is 4.57 Å². The molecule has 1 heterocycles. The van der Waals surface area contributed by atoms with Gasteiger partial charge in [-0.05, 0) is 24.6 Å². The number of fused-ring (bicyclic) bond motifs is 1. The first kappa shape index (κ1) is 11.6. The highest BCUT2D eigenvalue weighted by Crippen LogP contribution is 2.20. The molecule has 0 aliphatic carbocycles. The number of hydrogen-bond acceptors (Lipinski definition) is 3. The van der Waals surface area contributed by atoms with E-state index < -0.39 is 0 Å². The Morgan fingerprint density at radius 2 is 1.89 bits per heavy atom. The molecular weight excluding hydrogens is 240 g/mol. The Kier molecular flexibility index (Phi) is 2.63. The maximum absolute atomic E-state index is 11.9. The largest absolute Gasteiger partial charge is 0.420 e. The third-order valence-electron chi connectivity index (χ3n) is 3.18. The van der Waals surface area contributed by atoms with Crippen LogP contribution in [0.15, 0.2) is 51.7 Å².